The molecule has 0 amide bonds. The summed E-state index contributed by atoms with van der Waals surface area (Å²) in [6.45, 7) is 0.132. The van der Waals surface area contributed by atoms with Crippen molar-refractivity contribution in [3.63, 3.8) is 0 Å². The first-order valence-corrected chi connectivity index (χ1v) is 9.72. The van der Waals surface area contributed by atoms with E-state index in [1.54, 1.807) is 6.07 Å². The number of benzene rings is 1. The standard InChI is InChI=1S/C17H15F3N4O3S/c18-17(19,20)15-7-8-22-16(23-15)27-13-5-3-9-24(11-13)28(25,26)14-6-2-1-4-12(14)10-21/h1-2,4,6-8,13H,3,5,9,11H2. The molecular formula is C17H15F3N4O3S. The summed E-state index contributed by atoms with van der Waals surface area (Å²) < 4.78 is 70.6. The third-order valence-corrected chi connectivity index (χ3v) is 6.09. The van der Waals surface area contributed by atoms with E-state index in [2.05, 4.69) is 9.97 Å². The van der Waals surface area contributed by atoms with Crippen molar-refractivity contribution in [3.8, 4) is 12.1 Å². The van der Waals surface area contributed by atoms with Crippen LogP contribution in [0.4, 0.5) is 13.2 Å². The Morgan fingerprint density at radius 3 is 2.71 bits per heavy atom. The van der Waals surface area contributed by atoms with Gasteiger partial charge in [0.15, 0.2) is 5.69 Å². The highest BCUT2D eigenvalue weighted by atomic mass is 32.2. The third kappa shape index (κ3) is 4.23. The van der Waals surface area contributed by atoms with Gasteiger partial charge in [-0.2, -0.15) is 27.7 Å². The molecule has 0 bridgehead atoms. The molecule has 28 heavy (non-hydrogen) atoms. The second-order valence-electron chi connectivity index (χ2n) is 6.08. The van der Waals surface area contributed by atoms with Gasteiger partial charge in [-0.05, 0) is 31.0 Å². The number of piperidine rings is 1. The topological polar surface area (TPSA) is 96.2 Å². The lowest BCUT2D eigenvalue weighted by molar-refractivity contribution is -0.141. The Morgan fingerprint density at radius 1 is 1.25 bits per heavy atom. The fourth-order valence-corrected chi connectivity index (χ4v) is 4.50. The Labute approximate surface area is 159 Å². The van der Waals surface area contributed by atoms with Crippen molar-refractivity contribution in [3.05, 3.63) is 47.8 Å². The smallest absolute Gasteiger partial charge is 0.433 e. The van der Waals surface area contributed by atoms with Crippen molar-refractivity contribution in [1.29, 1.82) is 5.26 Å². The summed E-state index contributed by atoms with van der Waals surface area (Å²) in [7, 11) is -3.95. The number of rotatable bonds is 4. The van der Waals surface area contributed by atoms with Crippen LogP contribution in [0.15, 0.2) is 41.4 Å². The molecule has 0 spiro atoms. The highest BCUT2D eigenvalue weighted by molar-refractivity contribution is 7.89. The number of aromatic nitrogens is 2. The molecule has 0 saturated carbocycles. The van der Waals surface area contributed by atoms with E-state index >= 15 is 0 Å². The monoisotopic (exact) mass is 412 g/mol. The first kappa shape index (κ1) is 20.0. The number of hydrogen-bond donors (Lipinski definition) is 0. The van der Waals surface area contributed by atoms with Crippen LogP contribution in [-0.4, -0.2) is 41.9 Å². The van der Waals surface area contributed by atoms with E-state index in [-0.39, 0.29) is 23.5 Å². The van der Waals surface area contributed by atoms with Crippen LogP contribution in [-0.2, 0) is 16.2 Å². The Kier molecular flexibility index (Phi) is 5.53. The van der Waals surface area contributed by atoms with E-state index in [1.165, 1.54) is 18.2 Å². The number of nitriles is 1. The van der Waals surface area contributed by atoms with E-state index in [0.29, 0.717) is 12.8 Å². The van der Waals surface area contributed by atoms with Crippen LogP contribution in [0.1, 0.15) is 24.1 Å². The summed E-state index contributed by atoms with van der Waals surface area (Å²) in [5, 5.41) is 9.15. The van der Waals surface area contributed by atoms with Crippen LogP contribution < -0.4 is 4.74 Å². The zero-order valence-corrected chi connectivity index (χ0v) is 15.2. The number of alkyl halides is 3. The number of ether oxygens (including phenoxy) is 1. The second-order valence-corrected chi connectivity index (χ2v) is 7.98. The summed E-state index contributed by atoms with van der Waals surface area (Å²) >= 11 is 0. The minimum Gasteiger partial charge on any atom is -0.459 e. The average molecular weight is 412 g/mol. The van der Waals surface area contributed by atoms with Crippen LogP contribution >= 0.6 is 0 Å². The lowest BCUT2D eigenvalue weighted by Crippen LogP contribution is -2.44. The van der Waals surface area contributed by atoms with Crippen molar-refractivity contribution in [2.24, 2.45) is 0 Å². The molecule has 7 nitrogen and oxygen atoms in total. The molecule has 1 aliphatic rings. The van der Waals surface area contributed by atoms with Gasteiger partial charge >= 0.3 is 12.2 Å². The van der Waals surface area contributed by atoms with Crippen molar-refractivity contribution < 1.29 is 26.3 Å². The fraction of sp³-hybridized carbons (Fsp3) is 0.353. The van der Waals surface area contributed by atoms with Gasteiger partial charge < -0.3 is 4.74 Å². The Morgan fingerprint density at radius 2 is 2.00 bits per heavy atom. The molecule has 1 unspecified atom stereocenters. The van der Waals surface area contributed by atoms with Gasteiger partial charge in [-0.25, -0.2) is 13.4 Å². The van der Waals surface area contributed by atoms with E-state index in [0.717, 1.165) is 16.6 Å². The molecule has 3 rings (SSSR count). The zero-order chi connectivity index (χ0) is 20.4. The van der Waals surface area contributed by atoms with Crippen LogP contribution in [0, 0.1) is 11.3 Å². The molecule has 1 fully saturated rings. The maximum absolute atomic E-state index is 12.9. The van der Waals surface area contributed by atoms with Gasteiger partial charge in [-0.15, -0.1) is 0 Å². The summed E-state index contributed by atoms with van der Waals surface area (Å²) in [6.07, 6.45) is -3.53. The van der Waals surface area contributed by atoms with E-state index in [9.17, 15) is 21.6 Å². The predicted octanol–water partition coefficient (Wildman–Crippen LogP) is 2.60. The van der Waals surface area contributed by atoms with Crippen LogP contribution in [0.2, 0.25) is 0 Å². The molecule has 2 heterocycles. The minimum absolute atomic E-state index is 0.0201. The van der Waals surface area contributed by atoms with Crippen molar-refractivity contribution in [2.45, 2.75) is 30.0 Å². The van der Waals surface area contributed by atoms with Crippen molar-refractivity contribution in [1.82, 2.24) is 14.3 Å². The van der Waals surface area contributed by atoms with Gasteiger partial charge in [-0.3, -0.25) is 0 Å². The Hall–Kier alpha value is -2.71. The first-order valence-electron chi connectivity index (χ1n) is 8.28. The molecule has 1 atom stereocenters. The number of halogens is 3. The summed E-state index contributed by atoms with van der Waals surface area (Å²) in [5.41, 5.74) is -1.12. The summed E-state index contributed by atoms with van der Waals surface area (Å²) in [5.74, 6) is 0. The van der Waals surface area contributed by atoms with Gasteiger partial charge in [-0.1, -0.05) is 12.1 Å². The largest absolute Gasteiger partial charge is 0.459 e. The van der Waals surface area contributed by atoms with Crippen molar-refractivity contribution >= 4 is 10.0 Å². The van der Waals surface area contributed by atoms with Crippen LogP contribution in [0.5, 0.6) is 6.01 Å². The molecule has 148 valence electrons. The van der Waals surface area contributed by atoms with Gasteiger partial charge in [0, 0.05) is 12.7 Å². The molecular weight excluding hydrogens is 397 g/mol. The molecule has 11 heteroatoms. The average Bonchev–Trinajstić information content (AvgIpc) is 2.67. The van der Waals surface area contributed by atoms with E-state index in [1.807, 2.05) is 6.07 Å². The first-order chi connectivity index (χ1) is 13.2. The maximum atomic E-state index is 12.9. The van der Waals surface area contributed by atoms with Crippen molar-refractivity contribution in [2.75, 3.05) is 13.1 Å². The zero-order valence-electron chi connectivity index (χ0n) is 14.4. The van der Waals surface area contributed by atoms with E-state index < -0.39 is 34.0 Å². The predicted molar refractivity (Wildman–Crippen MR) is 90.6 cm³/mol. The molecule has 1 aromatic heterocycles. The minimum atomic E-state index is -4.63. The molecule has 1 aliphatic heterocycles. The van der Waals surface area contributed by atoms with Gasteiger partial charge in [0.2, 0.25) is 10.0 Å². The maximum Gasteiger partial charge on any atom is 0.433 e. The van der Waals surface area contributed by atoms with Crippen LogP contribution in [0.3, 0.4) is 0 Å². The molecule has 0 N–H and O–H groups in total. The van der Waals surface area contributed by atoms with Gasteiger partial charge in [0.05, 0.1) is 17.0 Å². The van der Waals surface area contributed by atoms with E-state index in [4.69, 9.17) is 10.00 Å². The number of hydrogen-bond acceptors (Lipinski definition) is 6. The fourth-order valence-electron chi connectivity index (χ4n) is 2.85. The lowest BCUT2D eigenvalue weighted by atomic mass is 10.1. The molecule has 0 radical (unpaired) electrons. The molecule has 1 aromatic carbocycles. The van der Waals surface area contributed by atoms with Gasteiger partial charge in [0.25, 0.3) is 0 Å². The lowest BCUT2D eigenvalue weighted by Gasteiger charge is -2.31. The summed E-state index contributed by atoms with van der Waals surface area (Å²) in [4.78, 5) is 6.90. The van der Waals surface area contributed by atoms with Crippen LogP contribution in [0.25, 0.3) is 0 Å². The Balaban J connectivity index is 1.79. The molecule has 2 aromatic rings. The highest BCUT2D eigenvalue weighted by Crippen LogP contribution is 2.29. The number of nitrogens with zero attached hydrogens (tertiary/aromatic N) is 4. The second kappa shape index (κ2) is 7.73. The quantitative estimate of drug-likeness (QED) is 0.766. The molecule has 0 aliphatic carbocycles. The van der Waals surface area contributed by atoms with Gasteiger partial charge in [0.1, 0.15) is 12.2 Å². The number of sulfonamides is 1. The normalized spacial score (nSPS) is 18.4. The SMILES string of the molecule is N#Cc1ccccc1S(=O)(=O)N1CCCC(Oc2nccc(C(F)(F)F)n2)C1. The highest BCUT2D eigenvalue weighted by Gasteiger charge is 2.35. The molecule has 1 saturated heterocycles. The third-order valence-electron chi connectivity index (χ3n) is 4.16. The summed E-state index contributed by atoms with van der Waals surface area (Å²) in [6, 6.07) is 7.93. The Bertz CT molecular complexity index is 1010.